The van der Waals surface area contributed by atoms with Gasteiger partial charge >= 0.3 is 0 Å². The number of carbonyl (C=O) groups is 3. The first-order chi connectivity index (χ1) is 19.3. The van der Waals surface area contributed by atoms with Crippen LogP contribution in [0.5, 0.6) is 5.75 Å². The van der Waals surface area contributed by atoms with E-state index in [0.29, 0.717) is 33.1 Å². The molecule has 0 saturated carbocycles. The molecule has 0 heterocycles. The molecule has 0 bridgehead atoms. The van der Waals surface area contributed by atoms with Gasteiger partial charge in [0.15, 0.2) is 5.78 Å². The molecule has 0 fully saturated rings. The number of amides is 2. The van der Waals surface area contributed by atoms with E-state index in [0.717, 1.165) is 4.90 Å². The van der Waals surface area contributed by atoms with Crippen molar-refractivity contribution in [2.75, 3.05) is 18.2 Å². The second-order valence-corrected chi connectivity index (χ2v) is 10.3. The highest BCUT2D eigenvalue weighted by atomic mass is 35.5. The van der Waals surface area contributed by atoms with Gasteiger partial charge in [0.25, 0.3) is 11.8 Å². The molecule has 0 atom stereocenters. The summed E-state index contributed by atoms with van der Waals surface area (Å²) in [6.45, 7) is 0. The van der Waals surface area contributed by atoms with Gasteiger partial charge in [-0.1, -0.05) is 65.7 Å². The highest BCUT2D eigenvalue weighted by Crippen LogP contribution is 2.27. The van der Waals surface area contributed by atoms with Crippen LogP contribution in [0.4, 0.5) is 5.69 Å². The fourth-order valence-electron chi connectivity index (χ4n) is 3.59. The van der Waals surface area contributed by atoms with Crippen molar-refractivity contribution >= 4 is 64.3 Å². The molecule has 0 aliphatic carbocycles. The van der Waals surface area contributed by atoms with E-state index in [1.54, 1.807) is 104 Å². The number of methoxy groups -OCH3 is 1. The summed E-state index contributed by atoms with van der Waals surface area (Å²) in [6, 6.07) is 27.6. The fraction of sp³-hybridized carbons (Fsp3) is 0.0645. The summed E-state index contributed by atoms with van der Waals surface area (Å²) in [4.78, 5) is 39.5. The Morgan fingerprint density at radius 1 is 0.850 bits per heavy atom. The van der Waals surface area contributed by atoms with Crippen molar-refractivity contribution < 1.29 is 19.1 Å². The zero-order valence-corrected chi connectivity index (χ0v) is 23.6. The van der Waals surface area contributed by atoms with Crippen LogP contribution in [0.1, 0.15) is 26.3 Å². The van der Waals surface area contributed by atoms with Gasteiger partial charge in [-0.3, -0.25) is 14.4 Å². The molecule has 0 unspecified atom stereocenters. The van der Waals surface area contributed by atoms with E-state index in [-0.39, 0.29) is 22.3 Å². The van der Waals surface area contributed by atoms with Gasteiger partial charge in [0.1, 0.15) is 11.4 Å². The Morgan fingerprint density at radius 2 is 1.55 bits per heavy atom. The number of thioether (sulfide) groups is 1. The van der Waals surface area contributed by atoms with Crippen LogP contribution >= 0.6 is 35.0 Å². The van der Waals surface area contributed by atoms with Crippen LogP contribution in [0, 0.1) is 0 Å². The van der Waals surface area contributed by atoms with Crippen LogP contribution in [0.15, 0.2) is 108 Å². The molecule has 4 aromatic rings. The van der Waals surface area contributed by atoms with E-state index >= 15 is 0 Å². The lowest BCUT2D eigenvalue weighted by Gasteiger charge is -2.12. The minimum Gasteiger partial charge on any atom is -0.497 e. The van der Waals surface area contributed by atoms with Crippen LogP contribution in [-0.4, -0.2) is 30.5 Å². The van der Waals surface area contributed by atoms with Gasteiger partial charge in [0, 0.05) is 21.7 Å². The number of Topliss-reactive ketones (excluding diaryl/α,β-unsaturated/α-hetero) is 1. The molecule has 4 rings (SSSR count). The summed E-state index contributed by atoms with van der Waals surface area (Å²) < 4.78 is 5.18. The molecule has 9 heteroatoms. The highest BCUT2D eigenvalue weighted by Gasteiger charge is 2.16. The fourth-order valence-corrected chi connectivity index (χ4v) is 4.75. The molecule has 40 heavy (non-hydrogen) atoms. The van der Waals surface area contributed by atoms with Crippen molar-refractivity contribution in [1.82, 2.24) is 5.32 Å². The maximum atomic E-state index is 13.3. The summed E-state index contributed by atoms with van der Waals surface area (Å²) in [5, 5.41) is 6.05. The summed E-state index contributed by atoms with van der Waals surface area (Å²) in [5.41, 5.74) is 1.93. The quantitative estimate of drug-likeness (QED) is 0.114. The lowest BCUT2D eigenvalue weighted by molar-refractivity contribution is -0.113. The normalized spacial score (nSPS) is 11.0. The smallest absolute Gasteiger partial charge is 0.272 e. The number of carbonyl (C=O) groups excluding carboxylic acids is 3. The predicted octanol–water partition coefficient (Wildman–Crippen LogP) is 7.39. The van der Waals surface area contributed by atoms with E-state index in [4.69, 9.17) is 27.9 Å². The van der Waals surface area contributed by atoms with Crippen LogP contribution < -0.4 is 15.4 Å². The molecule has 6 nitrogen and oxygen atoms in total. The lowest BCUT2D eigenvalue weighted by Crippen LogP contribution is -2.30. The Kier molecular flexibility index (Phi) is 10.0. The van der Waals surface area contributed by atoms with Crippen molar-refractivity contribution in [2.45, 2.75) is 4.90 Å². The van der Waals surface area contributed by atoms with Crippen LogP contribution in [0.25, 0.3) is 6.08 Å². The Morgan fingerprint density at radius 3 is 2.27 bits per heavy atom. The number of rotatable bonds is 10. The molecule has 0 aliphatic rings. The molecule has 0 saturated heterocycles. The Labute approximate surface area is 246 Å². The maximum absolute atomic E-state index is 13.3. The third-order valence-electron chi connectivity index (χ3n) is 5.68. The molecule has 0 radical (unpaired) electrons. The third-order valence-corrected chi connectivity index (χ3v) is 7.53. The molecule has 2 amide bonds. The van der Waals surface area contributed by atoms with E-state index < -0.39 is 11.8 Å². The van der Waals surface area contributed by atoms with E-state index in [1.807, 2.05) is 0 Å². The first-order valence-corrected chi connectivity index (χ1v) is 13.8. The number of hydrogen-bond acceptors (Lipinski definition) is 5. The van der Waals surface area contributed by atoms with E-state index in [2.05, 4.69) is 10.6 Å². The number of nitrogens with one attached hydrogen (secondary N) is 2. The third kappa shape index (κ3) is 7.76. The van der Waals surface area contributed by atoms with Gasteiger partial charge in [-0.25, -0.2) is 0 Å². The summed E-state index contributed by atoms with van der Waals surface area (Å²) in [5.74, 6) is -0.147. The van der Waals surface area contributed by atoms with Crippen LogP contribution in [-0.2, 0) is 4.79 Å². The zero-order valence-electron chi connectivity index (χ0n) is 21.3. The Bertz CT molecular complexity index is 1560. The topological polar surface area (TPSA) is 84.5 Å². The summed E-state index contributed by atoms with van der Waals surface area (Å²) >= 11 is 13.8. The van der Waals surface area contributed by atoms with Gasteiger partial charge in [-0.2, -0.15) is 0 Å². The van der Waals surface area contributed by atoms with E-state index in [1.165, 1.54) is 17.8 Å². The maximum Gasteiger partial charge on any atom is 0.272 e. The largest absolute Gasteiger partial charge is 0.497 e. The van der Waals surface area contributed by atoms with Gasteiger partial charge < -0.3 is 15.4 Å². The SMILES string of the molecule is COc1cccc(C(=O)CSc2ccc(NC(=O)/C(=C/c3cccc(Cl)c3Cl)NC(=O)c3ccccc3)cc2)c1. The monoisotopic (exact) mass is 590 g/mol. The molecule has 0 aliphatic heterocycles. The van der Waals surface area contributed by atoms with E-state index in [9.17, 15) is 14.4 Å². The van der Waals surface area contributed by atoms with Gasteiger partial charge in [-0.15, -0.1) is 11.8 Å². The zero-order chi connectivity index (χ0) is 28.5. The van der Waals surface area contributed by atoms with Gasteiger partial charge in [-0.05, 0) is 66.2 Å². The first kappa shape index (κ1) is 29.0. The van der Waals surface area contributed by atoms with Crippen molar-refractivity contribution in [3.05, 3.63) is 129 Å². The first-order valence-electron chi connectivity index (χ1n) is 12.1. The van der Waals surface area contributed by atoms with Crippen molar-refractivity contribution in [1.29, 1.82) is 0 Å². The molecule has 0 spiro atoms. The molecular formula is C31H24Cl2N2O4S. The van der Waals surface area contributed by atoms with Crippen molar-refractivity contribution in [3.63, 3.8) is 0 Å². The molecule has 2 N–H and O–H groups in total. The van der Waals surface area contributed by atoms with Crippen LogP contribution in [0.3, 0.4) is 0 Å². The summed E-state index contributed by atoms with van der Waals surface area (Å²) in [6.07, 6.45) is 1.47. The van der Waals surface area contributed by atoms with Crippen LogP contribution in [0.2, 0.25) is 10.0 Å². The van der Waals surface area contributed by atoms with Gasteiger partial charge in [0.05, 0.1) is 22.9 Å². The second-order valence-electron chi connectivity index (χ2n) is 8.44. The Hall–Kier alpha value is -4.04. The van der Waals surface area contributed by atoms with Crippen molar-refractivity contribution in [3.8, 4) is 5.75 Å². The number of halogens is 2. The second kappa shape index (κ2) is 13.8. The molecule has 202 valence electrons. The summed E-state index contributed by atoms with van der Waals surface area (Å²) in [7, 11) is 1.56. The number of hydrogen-bond donors (Lipinski definition) is 2. The standard InChI is InChI=1S/C31H24Cl2N2O4S/c1-39-24-11-5-9-21(17-24)28(36)19-40-25-15-13-23(14-16-25)34-31(38)27(18-22-10-6-12-26(32)29(22)33)35-30(37)20-7-3-2-4-8-20/h2-18H,19H2,1H3,(H,34,38)(H,35,37)/b27-18-. The van der Waals surface area contributed by atoms with Gasteiger partial charge in [0.2, 0.25) is 0 Å². The Balaban J connectivity index is 1.46. The average Bonchev–Trinajstić information content (AvgIpc) is 2.98. The number of benzene rings is 4. The minimum absolute atomic E-state index is 0.0136. The average molecular weight is 592 g/mol. The van der Waals surface area contributed by atoms with Crippen molar-refractivity contribution in [2.24, 2.45) is 0 Å². The number of anilines is 1. The minimum atomic E-state index is -0.547. The molecular weight excluding hydrogens is 567 g/mol. The highest BCUT2D eigenvalue weighted by molar-refractivity contribution is 8.00. The molecule has 4 aromatic carbocycles. The lowest BCUT2D eigenvalue weighted by atomic mass is 10.1. The number of ketones is 1. The molecule has 0 aromatic heterocycles. The predicted molar refractivity (Wildman–Crippen MR) is 161 cm³/mol. The number of ether oxygens (including phenoxy) is 1.